The molecule has 2 rings (SSSR count). The average molecular weight is 350 g/mol. The number of rotatable bonds is 6. The number of halogens is 1. The van der Waals surface area contributed by atoms with Crippen LogP contribution in [0.15, 0.2) is 9.95 Å². The molecular formula is C12H20BrN3O2S. The van der Waals surface area contributed by atoms with E-state index in [9.17, 15) is 4.79 Å². The number of alkyl halides is 1. The quantitative estimate of drug-likeness (QED) is 0.632. The van der Waals surface area contributed by atoms with E-state index in [1.165, 1.54) is 0 Å². The predicted octanol–water partition coefficient (Wildman–Crippen LogP) is 2.27. The molecule has 0 amide bonds. The molecule has 0 atom stereocenters. The lowest BCUT2D eigenvalue weighted by molar-refractivity contribution is 0.0374. The van der Waals surface area contributed by atoms with Gasteiger partial charge >= 0.3 is 5.69 Å². The van der Waals surface area contributed by atoms with E-state index in [1.807, 2.05) is 0 Å². The van der Waals surface area contributed by atoms with E-state index in [4.69, 9.17) is 4.74 Å². The lowest BCUT2D eigenvalue weighted by Crippen LogP contribution is -2.33. The van der Waals surface area contributed by atoms with E-state index in [0.717, 1.165) is 55.3 Å². The highest BCUT2D eigenvalue weighted by Crippen LogP contribution is 2.37. The van der Waals surface area contributed by atoms with Gasteiger partial charge in [-0.1, -0.05) is 34.6 Å². The first-order valence-corrected chi connectivity index (χ1v) is 8.73. The van der Waals surface area contributed by atoms with E-state index in [1.54, 1.807) is 16.3 Å². The molecule has 1 aromatic rings. The Bertz CT molecular complexity index is 454. The molecule has 1 saturated heterocycles. The average Bonchev–Trinajstić information content (AvgIpc) is 2.79. The van der Waals surface area contributed by atoms with Gasteiger partial charge in [-0.2, -0.15) is 0 Å². The van der Waals surface area contributed by atoms with Crippen LogP contribution >= 0.6 is 27.7 Å². The fraction of sp³-hybridized carbons (Fsp3) is 0.833. The van der Waals surface area contributed by atoms with Crippen molar-refractivity contribution in [1.29, 1.82) is 0 Å². The summed E-state index contributed by atoms with van der Waals surface area (Å²) in [5.41, 5.74) is 0.152. The zero-order chi connectivity index (χ0) is 13.7. The molecule has 1 fully saturated rings. The first kappa shape index (κ1) is 15.1. The van der Waals surface area contributed by atoms with Crippen molar-refractivity contribution in [3.05, 3.63) is 10.5 Å². The lowest BCUT2D eigenvalue weighted by atomic mass is 9.85. The molecule has 1 aliphatic rings. The fourth-order valence-corrected chi connectivity index (χ4v) is 4.46. The molecule has 0 radical (unpaired) electrons. The molecule has 1 aromatic heterocycles. The summed E-state index contributed by atoms with van der Waals surface area (Å²) in [7, 11) is 0. The number of aromatic nitrogens is 3. The number of nitrogens with one attached hydrogen (secondary N) is 1. The first-order chi connectivity index (χ1) is 9.21. The molecule has 0 unspecified atom stereocenters. The summed E-state index contributed by atoms with van der Waals surface area (Å²) < 4.78 is 7.17. The van der Waals surface area contributed by atoms with Gasteiger partial charge in [0.15, 0.2) is 5.16 Å². The lowest BCUT2D eigenvalue weighted by Gasteiger charge is -2.35. The number of ether oxygens (including phenoxy) is 1. The van der Waals surface area contributed by atoms with Crippen molar-refractivity contribution in [3.8, 4) is 0 Å². The maximum atomic E-state index is 11.6. The van der Waals surface area contributed by atoms with E-state index in [-0.39, 0.29) is 11.1 Å². The van der Waals surface area contributed by atoms with E-state index < -0.39 is 0 Å². The van der Waals surface area contributed by atoms with E-state index >= 15 is 0 Å². The molecule has 2 heterocycles. The minimum atomic E-state index is -0.107. The Hall–Kier alpha value is -0.270. The summed E-state index contributed by atoms with van der Waals surface area (Å²) in [4.78, 5) is 11.6. The Morgan fingerprint density at radius 3 is 2.89 bits per heavy atom. The topological polar surface area (TPSA) is 59.9 Å². The van der Waals surface area contributed by atoms with Crippen molar-refractivity contribution < 1.29 is 4.74 Å². The standard InChI is InChI=1S/C12H20BrN3O2S/c1-2-5-16-10(17)14-15-11(16)19-9-12(8-13)3-6-18-7-4-12/h2-9H2,1H3,(H,14,17). The number of H-pyrrole nitrogens is 1. The van der Waals surface area contributed by atoms with Crippen molar-refractivity contribution in [2.24, 2.45) is 5.41 Å². The molecule has 0 bridgehead atoms. The van der Waals surface area contributed by atoms with Crippen LogP contribution in [0.5, 0.6) is 0 Å². The Balaban J connectivity index is 2.03. The Morgan fingerprint density at radius 2 is 2.26 bits per heavy atom. The Kier molecular flexibility index (Phi) is 5.53. The smallest absolute Gasteiger partial charge is 0.343 e. The van der Waals surface area contributed by atoms with Crippen LogP contribution in [0, 0.1) is 5.41 Å². The van der Waals surface area contributed by atoms with Crippen LogP contribution in [-0.4, -0.2) is 39.1 Å². The number of hydrogen-bond acceptors (Lipinski definition) is 4. The molecule has 0 aliphatic carbocycles. The summed E-state index contributed by atoms with van der Waals surface area (Å²) in [6, 6.07) is 0. The largest absolute Gasteiger partial charge is 0.381 e. The SMILES string of the molecule is CCCn1c(SCC2(CBr)CCOCC2)n[nH]c1=O. The highest BCUT2D eigenvalue weighted by atomic mass is 79.9. The van der Waals surface area contributed by atoms with Crippen LogP contribution < -0.4 is 5.69 Å². The van der Waals surface area contributed by atoms with Crippen LogP contribution in [0.1, 0.15) is 26.2 Å². The van der Waals surface area contributed by atoms with Gasteiger partial charge in [-0.15, -0.1) is 5.10 Å². The van der Waals surface area contributed by atoms with Gasteiger partial charge in [-0.3, -0.25) is 4.57 Å². The molecule has 0 spiro atoms. The summed E-state index contributed by atoms with van der Waals surface area (Å²) in [5, 5.41) is 8.44. The third-order valence-corrected chi connectivity index (χ3v) is 6.03. The maximum Gasteiger partial charge on any atom is 0.343 e. The predicted molar refractivity (Wildman–Crippen MR) is 80.1 cm³/mol. The van der Waals surface area contributed by atoms with Crippen LogP contribution in [0.25, 0.3) is 0 Å². The van der Waals surface area contributed by atoms with Gasteiger partial charge in [0, 0.05) is 30.8 Å². The second kappa shape index (κ2) is 6.95. The second-order valence-corrected chi connectivity index (χ2v) is 6.50. The van der Waals surface area contributed by atoms with Gasteiger partial charge < -0.3 is 4.74 Å². The first-order valence-electron chi connectivity index (χ1n) is 6.62. The third-order valence-electron chi connectivity index (χ3n) is 3.51. The van der Waals surface area contributed by atoms with Crippen molar-refractivity contribution in [2.45, 2.75) is 37.9 Å². The summed E-state index contributed by atoms with van der Waals surface area (Å²) >= 11 is 5.30. The third kappa shape index (κ3) is 3.64. The van der Waals surface area contributed by atoms with E-state index in [2.05, 4.69) is 33.1 Å². The van der Waals surface area contributed by atoms with Gasteiger partial charge in [-0.25, -0.2) is 9.89 Å². The fourth-order valence-electron chi connectivity index (χ4n) is 2.17. The molecule has 0 saturated carbocycles. The Morgan fingerprint density at radius 1 is 1.53 bits per heavy atom. The van der Waals surface area contributed by atoms with Gasteiger partial charge in [0.25, 0.3) is 0 Å². The normalized spacial score (nSPS) is 18.6. The molecule has 108 valence electrons. The highest BCUT2D eigenvalue weighted by molar-refractivity contribution is 9.09. The molecule has 7 heteroatoms. The van der Waals surface area contributed by atoms with Crippen molar-refractivity contribution in [3.63, 3.8) is 0 Å². The summed E-state index contributed by atoms with van der Waals surface area (Å²) in [6.07, 6.45) is 3.06. The Labute approximate surface area is 125 Å². The summed E-state index contributed by atoms with van der Waals surface area (Å²) in [5.74, 6) is 0.968. The van der Waals surface area contributed by atoms with Crippen LogP contribution in [0.4, 0.5) is 0 Å². The molecule has 0 aromatic carbocycles. The molecule has 5 nitrogen and oxygen atoms in total. The van der Waals surface area contributed by atoms with Crippen molar-refractivity contribution in [1.82, 2.24) is 14.8 Å². The van der Waals surface area contributed by atoms with Gasteiger partial charge in [0.05, 0.1) is 0 Å². The zero-order valence-corrected chi connectivity index (χ0v) is 13.6. The molecule has 19 heavy (non-hydrogen) atoms. The minimum absolute atomic E-state index is 0.107. The summed E-state index contributed by atoms with van der Waals surface area (Å²) in [6.45, 7) is 4.44. The van der Waals surface area contributed by atoms with Crippen molar-refractivity contribution in [2.75, 3.05) is 24.3 Å². The van der Waals surface area contributed by atoms with Gasteiger partial charge in [0.2, 0.25) is 0 Å². The zero-order valence-electron chi connectivity index (χ0n) is 11.2. The second-order valence-electron chi connectivity index (χ2n) is 5.00. The van der Waals surface area contributed by atoms with Crippen LogP contribution in [0.3, 0.4) is 0 Å². The molecule has 1 N–H and O–H groups in total. The maximum absolute atomic E-state index is 11.6. The van der Waals surface area contributed by atoms with Gasteiger partial charge in [0.1, 0.15) is 0 Å². The number of nitrogens with zero attached hydrogens (tertiary/aromatic N) is 2. The van der Waals surface area contributed by atoms with Crippen LogP contribution in [-0.2, 0) is 11.3 Å². The number of aromatic amines is 1. The van der Waals surface area contributed by atoms with E-state index in [0.29, 0.717) is 0 Å². The molecular weight excluding hydrogens is 330 g/mol. The van der Waals surface area contributed by atoms with Crippen LogP contribution in [0.2, 0.25) is 0 Å². The minimum Gasteiger partial charge on any atom is -0.381 e. The van der Waals surface area contributed by atoms with Gasteiger partial charge in [-0.05, 0) is 24.7 Å². The molecule has 1 aliphatic heterocycles. The number of thioether (sulfide) groups is 1. The highest BCUT2D eigenvalue weighted by Gasteiger charge is 2.32. The monoisotopic (exact) mass is 349 g/mol. The number of hydrogen-bond donors (Lipinski definition) is 1. The van der Waals surface area contributed by atoms with Crippen molar-refractivity contribution >= 4 is 27.7 Å².